The molecule has 0 aliphatic carbocycles. The summed E-state index contributed by atoms with van der Waals surface area (Å²) in [5.74, 6) is -0.712. The van der Waals surface area contributed by atoms with Crippen molar-refractivity contribution in [3.63, 3.8) is 0 Å². The maximum absolute atomic E-state index is 13.0. The standard InChI is InChI=1S/C11H12FN3O/c1-6(11(14)16)15-5-7-2-3-8(12)4-9(7)10(15)13/h2-4,6,13H,5H2,1H3,(H2,14,16). The lowest BCUT2D eigenvalue weighted by atomic mass is 10.1. The minimum atomic E-state index is -0.553. The quantitative estimate of drug-likeness (QED) is 0.776. The van der Waals surface area contributed by atoms with Crippen LogP contribution in [0.3, 0.4) is 0 Å². The second-order valence-electron chi connectivity index (χ2n) is 3.86. The number of hydrogen-bond acceptors (Lipinski definition) is 2. The van der Waals surface area contributed by atoms with E-state index >= 15 is 0 Å². The number of benzene rings is 1. The van der Waals surface area contributed by atoms with Crippen molar-refractivity contribution in [2.45, 2.75) is 19.5 Å². The van der Waals surface area contributed by atoms with Crippen LogP contribution in [-0.4, -0.2) is 22.7 Å². The lowest BCUT2D eigenvalue weighted by Gasteiger charge is -2.23. The molecule has 1 atom stereocenters. The average molecular weight is 221 g/mol. The highest BCUT2D eigenvalue weighted by Gasteiger charge is 2.30. The van der Waals surface area contributed by atoms with E-state index in [0.717, 1.165) is 5.56 Å². The van der Waals surface area contributed by atoms with Gasteiger partial charge in [0.2, 0.25) is 5.91 Å². The molecule has 1 aromatic rings. The summed E-state index contributed by atoms with van der Waals surface area (Å²) in [7, 11) is 0. The van der Waals surface area contributed by atoms with Crippen LogP contribution in [0.15, 0.2) is 18.2 Å². The molecule has 0 bridgehead atoms. The van der Waals surface area contributed by atoms with Crippen LogP contribution in [0.2, 0.25) is 0 Å². The first-order valence-electron chi connectivity index (χ1n) is 4.94. The number of nitrogens with two attached hydrogens (primary N) is 1. The lowest BCUT2D eigenvalue weighted by Crippen LogP contribution is -2.42. The Morgan fingerprint density at radius 2 is 2.31 bits per heavy atom. The largest absolute Gasteiger partial charge is 0.368 e. The summed E-state index contributed by atoms with van der Waals surface area (Å²) in [6.07, 6.45) is 0. The zero-order valence-corrected chi connectivity index (χ0v) is 8.83. The Morgan fingerprint density at radius 1 is 1.62 bits per heavy atom. The van der Waals surface area contributed by atoms with E-state index in [9.17, 15) is 9.18 Å². The number of rotatable bonds is 2. The Balaban J connectivity index is 2.34. The number of amides is 1. The number of amidine groups is 1. The molecule has 1 heterocycles. The molecule has 3 N–H and O–H groups in total. The van der Waals surface area contributed by atoms with Gasteiger partial charge < -0.3 is 10.6 Å². The molecule has 1 aliphatic rings. The summed E-state index contributed by atoms with van der Waals surface area (Å²) in [6, 6.07) is 3.74. The summed E-state index contributed by atoms with van der Waals surface area (Å²) >= 11 is 0. The van der Waals surface area contributed by atoms with Crippen LogP contribution >= 0.6 is 0 Å². The Bertz CT molecular complexity index is 472. The Kier molecular flexibility index (Phi) is 2.38. The Morgan fingerprint density at radius 3 is 2.94 bits per heavy atom. The van der Waals surface area contributed by atoms with Gasteiger partial charge in [0.15, 0.2) is 0 Å². The first kappa shape index (κ1) is 10.6. The van der Waals surface area contributed by atoms with E-state index in [-0.39, 0.29) is 11.7 Å². The third-order valence-corrected chi connectivity index (χ3v) is 2.83. The molecule has 0 aromatic heterocycles. The second-order valence-corrected chi connectivity index (χ2v) is 3.86. The highest BCUT2D eigenvalue weighted by atomic mass is 19.1. The van der Waals surface area contributed by atoms with Crippen LogP contribution < -0.4 is 5.73 Å². The maximum Gasteiger partial charge on any atom is 0.239 e. The molecule has 0 radical (unpaired) electrons. The minimum Gasteiger partial charge on any atom is -0.368 e. The van der Waals surface area contributed by atoms with Gasteiger partial charge in [0, 0.05) is 12.1 Å². The highest BCUT2D eigenvalue weighted by molar-refractivity contribution is 6.02. The molecule has 0 saturated heterocycles. The Labute approximate surface area is 92.4 Å². The normalized spacial score (nSPS) is 16.1. The Hall–Kier alpha value is -1.91. The van der Waals surface area contributed by atoms with Crippen molar-refractivity contribution in [3.05, 3.63) is 35.1 Å². The minimum absolute atomic E-state index is 0.154. The van der Waals surface area contributed by atoms with Gasteiger partial charge in [-0.05, 0) is 24.6 Å². The second kappa shape index (κ2) is 3.59. The fraction of sp³-hybridized carbons (Fsp3) is 0.273. The number of fused-ring (bicyclic) bond motifs is 1. The number of primary amides is 1. The molecule has 0 saturated carbocycles. The smallest absolute Gasteiger partial charge is 0.239 e. The number of nitrogens with one attached hydrogen (secondary N) is 1. The van der Waals surface area contributed by atoms with E-state index in [1.165, 1.54) is 12.1 Å². The van der Waals surface area contributed by atoms with Crippen molar-refractivity contribution in [2.75, 3.05) is 0 Å². The number of hydrogen-bond donors (Lipinski definition) is 2. The van der Waals surface area contributed by atoms with Crippen molar-refractivity contribution < 1.29 is 9.18 Å². The van der Waals surface area contributed by atoms with Crippen molar-refractivity contribution in [1.29, 1.82) is 5.41 Å². The van der Waals surface area contributed by atoms with Crippen LogP contribution in [0.25, 0.3) is 0 Å². The van der Waals surface area contributed by atoms with E-state index in [1.807, 2.05) is 0 Å². The van der Waals surface area contributed by atoms with Gasteiger partial charge in [-0.2, -0.15) is 0 Å². The van der Waals surface area contributed by atoms with Crippen LogP contribution in [0.1, 0.15) is 18.1 Å². The average Bonchev–Trinajstić information content (AvgIpc) is 2.55. The monoisotopic (exact) mass is 221 g/mol. The third-order valence-electron chi connectivity index (χ3n) is 2.83. The molecular weight excluding hydrogens is 209 g/mol. The summed E-state index contributed by atoms with van der Waals surface area (Å²) in [4.78, 5) is 12.6. The van der Waals surface area contributed by atoms with E-state index < -0.39 is 11.9 Å². The van der Waals surface area contributed by atoms with Crippen LogP contribution in [-0.2, 0) is 11.3 Å². The van der Waals surface area contributed by atoms with Gasteiger partial charge in [-0.15, -0.1) is 0 Å². The van der Waals surface area contributed by atoms with Gasteiger partial charge in [0.25, 0.3) is 0 Å². The molecular formula is C11H12FN3O. The zero-order chi connectivity index (χ0) is 11.9. The van der Waals surface area contributed by atoms with Crippen molar-refractivity contribution in [2.24, 2.45) is 5.73 Å². The first-order valence-corrected chi connectivity index (χ1v) is 4.94. The van der Waals surface area contributed by atoms with Crippen molar-refractivity contribution in [1.82, 2.24) is 4.90 Å². The molecule has 16 heavy (non-hydrogen) atoms. The van der Waals surface area contributed by atoms with E-state index in [1.54, 1.807) is 17.9 Å². The van der Waals surface area contributed by atoms with Crippen LogP contribution in [0.5, 0.6) is 0 Å². The molecule has 1 amide bonds. The number of halogens is 1. The van der Waals surface area contributed by atoms with E-state index in [2.05, 4.69) is 0 Å². The van der Waals surface area contributed by atoms with Gasteiger partial charge in [-0.25, -0.2) is 4.39 Å². The van der Waals surface area contributed by atoms with Gasteiger partial charge in [-0.1, -0.05) is 6.07 Å². The van der Waals surface area contributed by atoms with Crippen molar-refractivity contribution >= 4 is 11.7 Å². The van der Waals surface area contributed by atoms with Crippen LogP contribution in [0.4, 0.5) is 4.39 Å². The SMILES string of the molecule is CC(C(N)=O)N1Cc2ccc(F)cc2C1=N. The first-order chi connectivity index (χ1) is 7.50. The summed E-state index contributed by atoms with van der Waals surface area (Å²) in [5.41, 5.74) is 6.57. The summed E-state index contributed by atoms with van der Waals surface area (Å²) in [6.45, 7) is 2.07. The highest BCUT2D eigenvalue weighted by Crippen LogP contribution is 2.25. The van der Waals surface area contributed by atoms with Crippen molar-refractivity contribution in [3.8, 4) is 0 Å². The van der Waals surface area contributed by atoms with Gasteiger partial charge in [0.05, 0.1) is 0 Å². The molecule has 1 unspecified atom stereocenters. The number of carbonyl (C=O) groups is 1. The molecule has 84 valence electrons. The molecule has 4 nitrogen and oxygen atoms in total. The van der Waals surface area contributed by atoms with E-state index in [4.69, 9.17) is 11.1 Å². The predicted molar refractivity (Wildman–Crippen MR) is 57.4 cm³/mol. The fourth-order valence-corrected chi connectivity index (χ4v) is 1.81. The predicted octanol–water partition coefficient (Wildman–Crippen LogP) is 0.840. The van der Waals surface area contributed by atoms with Crippen LogP contribution in [0, 0.1) is 11.2 Å². The lowest BCUT2D eigenvalue weighted by molar-refractivity contribution is -0.121. The summed E-state index contributed by atoms with van der Waals surface area (Å²) in [5, 5.41) is 7.86. The maximum atomic E-state index is 13.0. The van der Waals surface area contributed by atoms with Gasteiger partial charge in [-0.3, -0.25) is 10.2 Å². The topological polar surface area (TPSA) is 70.2 Å². The van der Waals surface area contributed by atoms with Gasteiger partial charge in [0.1, 0.15) is 17.7 Å². The fourth-order valence-electron chi connectivity index (χ4n) is 1.81. The number of carbonyl (C=O) groups excluding carboxylic acids is 1. The molecule has 0 spiro atoms. The van der Waals surface area contributed by atoms with Gasteiger partial charge >= 0.3 is 0 Å². The molecule has 1 aromatic carbocycles. The summed E-state index contributed by atoms with van der Waals surface area (Å²) < 4.78 is 13.0. The molecule has 2 rings (SSSR count). The molecule has 0 fully saturated rings. The van der Waals surface area contributed by atoms with E-state index in [0.29, 0.717) is 12.1 Å². The third kappa shape index (κ3) is 1.54. The zero-order valence-electron chi connectivity index (χ0n) is 8.83. The molecule has 5 heteroatoms. The molecule has 1 aliphatic heterocycles. The number of nitrogens with zero attached hydrogens (tertiary/aromatic N) is 1.